The zero-order valence-electron chi connectivity index (χ0n) is 12.1. The molecule has 1 atom stereocenters. The minimum absolute atomic E-state index is 0.375. The van der Waals surface area contributed by atoms with Gasteiger partial charge in [-0.15, -0.1) is 11.3 Å². The lowest BCUT2D eigenvalue weighted by atomic mass is 10.1. The Morgan fingerprint density at radius 3 is 2.42 bits per heavy atom. The number of anilines is 1. The van der Waals surface area contributed by atoms with Gasteiger partial charge in [0.05, 0.1) is 6.04 Å². The fourth-order valence-corrected chi connectivity index (χ4v) is 3.04. The molecule has 0 aliphatic rings. The van der Waals surface area contributed by atoms with E-state index in [1.165, 1.54) is 40.3 Å². The van der Waals surface area contributed by atoms with Crippen LogP contribution in [-0.4, -0.2) is 0 Å². The molecule has 0 aliphatic heterocycles. The van der Waals surface area contributed by atoms with Gasteiger partial charge in [0.15, 0.2) is 0 Å². The molecule has 1 aromatic carbocycles. The standard InChI is InChI=1S/C17H23NS/c1-4-5-6-15-8-10-16(11-9-15)18-14(3)17-12-7-13(2)19-17/h7-12,14,18H,4-6H2,1-3H3. The van der Waals surface area contributed by atoms with Crippen LogP contribution in [-0.2, 0) is 6.42 Å². The predicted octanol–water partition coefficient (Wildman–Crippen LogP) is 5.57. The Morgan fingerprint density at radius 1 is 1.11 bits per heavy atom. The number of hydrogen-bond donors (Lipinski definition) is 1. The van der Waals surface area contributed by atoms with Crippen molar-refractivity contribution in [1.29, 1.82) is 0 Å². The van der Waals surface area contributed by atoms with Gasteiger partial charge in [-0.2, -0.15) is 0 Å². The zero-order chi connectivity index (χ0) is 13.7. The van der Waals surface area contributed by atoms with Crippen LogP contribution in [0.2, 0.25) is 0 Å². The van der Waals surface area contributed by atoms with Gasteiger partial charge < -0.3 is 5.32 Å². The number of hydrogen-bond acceptors (Lipinski definition) is 2. The summed E-state index contributed by atoms with van der Waals surface area (Å²) in [5.74, 6) is 0. The molecule has 0 amide bonds. The number of benzene rings is 1. The van der Waals surface area contributed by atoms with E-state index in [0.29, 0.717) is 6.04 Å². The average Bonchev–Trinajstić information content (AvgIpc) is 2.85. The van der Waals surface area contributed by atoms with Gasteiger partial charge in [0.1, 0.15) is 0 Å². The molecule has 1 N–H and O–H groups in total. The summed E-state index contributed by atoms with van der Waals surface area (Å²) in [4.78, 5) is 2.77. The van der Waals surface area contributed by atoms with Gasteiger partial charge >= 0.3 is 0 Å². The summed E-state index contributed by atoms with van der Waals surface area (Å²) in [6, 6.07) is 13.7. The smallest absolute Gasteiger partial charge is 0.0578 e. The van der Waals surface area contributed by atoms with Gasteiger partial charge in [-0.3, -0.25) is 0 Å². The Morgan fingerprint density at radius 2 is 1.84 bits per heavy atom. The fraction of sp³-hybridized carbons (Fsp3) is 0.412. The molecule has 1 heterocycles. The maximum Gasteiger partial charge on any atom is 0.0578 e. The summed E-state index contributed by atoms with van der Waals surface area (Å²) >= 11 is 1.87. The largest absolute Gasteiger partial charge is 0.378 e. The van der Waals surface area contributed by atoms with Crippen molar-refractivity contribution < 1.29 is 0 Å². The molecule has 1 nitrogen and oxygen atoms in total. The normalized spacial score (nSPS) is 12.4. The van der Waals surface area contributed by atoms with Crippen LogP contribution in [0.5, 0.6) is 0 Å². The Bertz CT molecular complexity index is 498. The van der Waals surface area contributed by atoms with Crippen LogP contribution in [0.25, 0.3) is 0 Å². The van der Waals surface area contributed by atoms with Crippen LogP contribution in [0.15, 0.2) is 36.4 Å². The predicted molar refractivity (Wildman–Crippen MR) is 86.1 cm³/mol. The summed E-state index contributed by atoms with van der Waals surface area (Å²) < 4.78 is 0. The Labute approximate surface area is 120 Å². The lowest BCUT2D eigenvalue weighted by Crippen LogP contribution is -2.04. The van der Waals surface area contributed by atoms with Crippen molar-refractivity contribution in [2.45, 2.75) is 46.1 Å². The van der Waals surface area contributed by atoms with E-state index < -0.39 is 0 Å². The highest BCUT2D eigenvalue weighted by atomic mass is 32.1. The third-order valence-electron chi connectivity index (χ3n) is 3.34. The van der Waals surface area contributed by atoms with Crippen molar-refractivity contribution in [2.24, 2.45) is 0 Å². The zero-order valence-corrected chi connectivity index (χ0v) is 12.9. The molecule has 1 unspecified atom stereocenters. The quantitative estimate of drug-likeness (QED) is 0.725. The van der Waals surface area contributed by atoms with Crippen LogP contribution in [0, 0.1) is 6.92 Å². The van der Waals surface area contributed by atoms with Crippen LogP contribution < -0.4 is 5.32 Å². The van der Waals surface area contributed by atoms with E-state index in [-0.39, 0.29) is 0 Å². The molecule has 2 aromatic rings. The number of thiophene rings is 1. The van der Waals surface area contributed by atoms with Crippen LogP contribution >= 0.6 is 11.3 Å². The molecule has 2 heteroatoms. The average molecular weight is 273 g/mol. The number of aryl methyl sites for hydroxylation is 2. The molecular formula is C17H23NS. The first-order chi connectivity index (χ1) is 9.19. The van der Waals surface area contributed by atoms with E-state index >= 15 is 0 Å². The van der Waals surface area contributed by atoms with E-state index in [2.05, 4.69) is 62.5 Å². The van der Waals surface area contributed by atoms with Gasteiger partial charge in [-0.25, -0.2) is 0 Å². The highest BCUT2D eigenvalue weighted by Crippen LogP contribution is 2.25. The third-order valence-corrected chi connectivity index (χ3v) is 4.53. The third kappa shape index (κ3) is 4.10. The van der Waals surface area contributed by atoms with Gasteiger partial charge in [0.2, 0.25) is 0 Å². The summed E-state index contributed by atoms with van der Waals surface area (Å²) in [6.07, 6.45) is 3.73. The van der Waals surface area contributed by atoms with E-state index in [1.54, 1.807) is 0 Å². The Balaban J connectivity index is 1.95. The number of nitrogens with one attached hydrogen (secondary N) is 1. The second-order valence-electron chi connectivity index (χ2n) is 5.11. The SMILES string of the molecule is CCCCc1ccc(NC(C)c2ccc(C)s2)cc1. The summed E-state index contributed by atoms with van der Waals surface area (Å²) in [6.45, 7) is 6.61. The molecular weight excluding hydrogens is 250 g/mol. The lowest BCUT2D eigenvalue weighted by molar-refractivity contribution is 0.795. The minimum Gasteiger partial charge on any atom is -0.378 e. The van der Waals surface area contributed by atoms with E-state index in [4.69, 9.17) is 0 Å². The van der Waals surface area contributed by atoms with E-state index in [9.17, 15) is 0 Å². The molecule has 0 fully saturated rings. The van der Waals surface area contributed by atoms with Gasteiger partial charge in [0, 0.05) is 15.4 Å². The molecule has 0 saturated carbocycles. The molecule has 1 aromatic heterocycles. The second-order valence-corrected chi connectivity index (χ2v) is 6.43. The maximum atomic E-state index is 3.57. The first-order valence-corrected chi connectivity index (χ1v) is 7.92. The Kier molecular flexibility index (Phi) is 5.03. The highest BCUT2D eigenvalue weighted by molar-refractivity contribution is 7.12. The molecule has 0 radical (unpaired) electrons. The van der Waals surface area contributed by atoms with Crippen molar-refractivity contribution >= 4 is 17.0 Å². The van der Waals surface area contributed by atoms with Crippen molar-refractivity contribution in [3.63, 3.8) is 0 Å². The first-order valence-electron chi connectivity index (χ1n) is 7.11. The van der Waals surface area contributed by atoms with E-state index in [0.717, 1.165) is 0 Å². The molecule has 102 valence electrons. The highest BCUT2D eigenvalue weighted by Gasteiger charge is 2.07. The van der Waals surface area contributed by atoms with Crippen molar-refractivity contribution in [3.8, 4) is 0 Å². The molecule has 2 rings (SSSR count). The van der Waals surface area contributed by atoms with Crippen LogP contribution in [0.1, 0.15) is 48.0 Å². The minimum atomic E-state index is 0.375. The lowest BCUT2D eigenvalue weighted by Gasteiger charge is -2.14. The summed E-state index contributed by atoms with van der Waals surface area (Å²) in [5, 5.41) is 3.57. The molecule has 0 bridgehead atoms. The topological polar surface area (TPSA) is 12.0 Å². The number of unbranched alkanes of at least 4 members (excludes halogenated alkanes) is 1. The van der Waals surface area contributed by atoms with Gasteiger partial charge in [-0.1, -0.05) is 25.5 Å². The summed E-state index contributed by atoms with van der Waals surface area (Å²) in [5.41, 5.74) is 2.64. The molecule has 0 aliphatic carbocycles. The molecule has 0 saturated heterocycles. The monoisotopic (exact) mass is 273 g/mol. The van der Waals surface area contributed by atoms with Gasteiger partial charge in [-0.05, 0) is 56.5 Å². The second kappa shape index (κ2) is 6.76. The van der Waals surface area contributed by atoms with Gasteiger partial charge in [0.25, 0.3) is 0 Å². The Hall–Kier alpha value is -1.28. The summed E-state index contributed by atoms with van der Waals surface area (Å²) in [7, 11) is 0. The first kappa shape index (κ1) is 14.1. The van der Waals surface area contributed by atoms with Crippen LogP contribution in [0.3, 0.4) is 0 Å². The van der Waals surface area contributed by atoms with Crippen LogP contribution in [0.4, 0.5) is 5.69 Å². The number of rotatable bonds is 6. The maximum absolute atomic E-state index is 3.57. The fourth-order valence-electron chi connectivity index (χ4n) is 2.16. The molecule has 0 spiro atoms. The van der Waals surface area contributed by atoms with Crippen molar-refractivity contribution in [2.75, 3.05) is 5.32 Å². The van der Waals surface area contributed by atoms with Crippen molar-refractivity contribution in [3.05, 3.63) is 51.7 Å². The van der Waals surface area contributed by atoms with E-state index in [1.807, 2.05) is 11.3 Å². The molecule has 19 heavy (non-hydrogen) atoms. The van der Waals surface area contributed by atoms with Crippen molar-refractivity contribution in [1.82, 2.24) is 0 Å².